The maximum absolute atomic E-state index is 6.23. The minimum Gasteiger partial charge on any atom is -0.355 e. The van der Waals surface area contributed by atoms with Crippen LogP contribution in [0, 0.1) is 5.92 Å². The summed E-state index contributed by atoms with van der Waals surface area (Å²) in [6.07, 6.45) is 4.48. The quantitative estimate of drug-likeness (QED) is 0.665. The lowest BCUT2D eigenvalue weighted by atomic mass is 9.99. The molecule has 0 spiro atoms. The maximum atomic E-state index is 6.23. The fourth-order valence-electron chi connectivity index (χ4n) is 1.70. The van der Waals surface area contributed by atoms with E-state index in [1.54, 1.807) is 12.5 Å². The molecule has 4 heteroatoms. The van der Waals surface area contributed by atoms with E-state index in [0.29, 0.717) is 5.92 Å². The van der Waals surface area contributed by atoms with Gasteiger partial charge in [-0.2, -0.15) is 0 Å². The number of aromatic nitrogens is 2. The van der Waals surface area contributed by atoms with Crippen molar-refractivity contribution < 1.29 is 0 Å². The predicted molar refractivity (Wildman–Crippen MR) is 57.7 cm³/mol. The number of alkyl halides is 1. The molecule has 0 saturated carbocycles. The van der Waals surface area contributed by atoms with Crippen LogP contribution in [-0.2, 0) is 0 Å². The molecule has 0 bridgehead atoms. The van der Waals surface area contributed by atoms with Gasteiger partial charge in [0.1, 0.15) is 12.1 Å². The van der Waals surface area contributed by atoms with Crippen LogP contribution >= 0.6 is 11.6 Å². The zero-order chi connectivity index (χ0) is 9.97. The van der Waals surface area contributed by atoms with Gasteiger partial charge in [0.05, 0.1) is 5.38 Å². The molecule has 14 heavy (non-hydrogen) atoms. The summed E-state index contributed by atoms with van der Waals surface area (Å²) in [5.41, 5.74) is 0. The van der Waals surface area contributed by atoms with E-state index in [0.717, 1.165) is 25.3 Å². The standard InChI is InChI=1S/C10H14ClN3/c1-8-3-5-14(6-9(8)11)10-2-4-12-7-13-10/h2,4,7-9H,3,5-6H2,1H3. The van der Waals surface area contributed by atoms with Crippen LogP contribution in [0.15, 0.2) is 18.6 Å². The number of piperidine rings is 1. The van der Waals surface area contributed by atoms with Gasteiger partial charge in [-0.25, -0.2) is 9.97 Å². The van der Waals surface area contributed by atoms with E-state index in [-0.39, 0.29) is 5.38 Å². The van der Waals surface area contributed by atoms with Crippen molar-refractivity contribution in [3.8, 4) is 0 Å². The van der Waals surface area contributed by atoms with Gasteiger partial charge in [0, 0.05) is 19.3 Å². The molecule has 3 nitrogen and oxygen atoms in total. The molecule has 1 aliphatic heterocycles. The first kappa shape index (κ1) is 9.71. The lowest BCUT2D eigenvalue weighted by Gasteiger charge is -2.34. The minimum atomic E-state index is 0.235. The molecule has 76 valence electrons. The van der Waals surface area contributed by atoms with Gasteiger partial charge >= 0.3 is 0 Å². The average Bonchev–Trinajstić information content (AvgIpc) is 2.23. The summed E-state index contributed by atoms with van der Waals surface area (Å²) in [5.74, 6) is 1.59. The minimum absolute atomic E-state index is 0.235. The Hall–Kier alpha value is -0.830. The van der Waals surface area contributed by atoms with E-state index in [1.807, 2.05) is 6.07 Å². The second-order valence-electron chi connectivity index (χ2n) is 3.80. The van der Waals surface area contributed by atoms with Crippen LogP contribution in [0.3, 0.4) is 0 Å². The van der Waals surface area contributed by atoms with Gasteiger partial charge in [0.15, 0.2) is 0 Å². The molecule has 1 aromatic rings. The fourth-order valence-corrected chi connectivity index (χ4v) is 1.99. The number of anilines is 1. The van der Waals surface area contributed by atoms with E-state index in [4.69, 9.17) is 11.6 Å². The molecule has 1 aromatic heterocycles. The molecule has 0 aliphatic carbocycles. The lowest BCUT2D eigenvalue weighted by molar-refractivity contribution is 0.443. The molecule has 0 amide bonds. The molecular weight excluding hydrogens is 198 g/mol. The number of rotatable bonds is 1. The molecule has 2 heterocycles. The van der Waals surface area contributed by atoms with Crippen molar-refractivity contribution in [1.82, 2.24) is 9.97 Å². The molecule has 0 radical (unpaired) electrons. The fraction of sp³-hybridized carbons (Fsp3) is 0.600. The van der Waals surface area contributed by atoms with Crippen molar-refractivity contribution in [3.05, 3.63) is 18.6 Å². The van der Waals surface area contributed by atoms with Crippen molar-refractivity contribution in [2.45, 2.75) is 18.7 Å². The summed E-state index contributed by atoms with van der Waals surface area (Å²) in [6.45, 7) is 4.14. The third-order valence-corrected chi connectivity index (χ3v) is 3.33. The highest BCUT2D eigenvalue weighted by molar-refractivity contribution is 6.21. The molecule has 1 aliphatic rings. The third kappa shape index (κ3) is 1.98. The SMILES string of the molecule is CC1CCN(c2ccncn2)CC1Cl. The Morgan fingerprint density at radius 3 is 3.07 bits per heavy atom. The summed E-state index contributed by atoms with van der Waals surface area (Å²) in [4.78, 5) is 10.3. The van der Waals surface area contributed by atoms with Gasteiger partial charge in [-0.3, -0.25) is 0 Å². The summed E-state index contributed by atoms with van der Waals surface area (Å²) < 4.78 is 0. The predicted octanol–water partition coefficient (Wildman–Crippen LogP) is 1.93. The Balaban J connectivity index is 2.07. The molecule has 0 aromatic carbocycles. The molecular formula is C10H14ClN3. The van der Waals surface area contributed by atoms with Gasteiger partial charge in [-0.1, -0.05) is 6.92 Å². The first-order valence-corrected chi connectivity index (χ1v) is 5.36. The van der Waals surface area contributed by atoms with Gasteiger partial charge in [-0.05, 0) is 18.4 Å². The number of halogens is 1. The molecule has 0 N–H and O–H groups in total. The van der Waals surface area contributed by atoms with Crippen LogP contribution in [0.1, 0.15) is 13.3 Å². The Labute approximate surface area is 89.1 Å². The van der Waals surface area contributed by atoms with Gasteiger partial charge < -0.3 is 4.90 Å². The molecule has 2 rings (SSSR count). The molecule has 2 unspecified atom stereocenters. The van der Waals surface area contributed by atoms with Crippen molar-refractivity contribution in [3.63, 3.8) is 0 Å². The van der Waals surface area contributed by atoms with Crippen LogP contribution < -0.4 is 4.90 Å². The van der Waals surface area contributed by atoms with E-state index in [2.05, 4.69) is 21.8 Å². The van der Waals surface area contributed by atoms with E-state index >= 15 is 0 Å². The Morgan fingerprint density at radius 2 is 2.43 bits per heavy atom. The normalized spacial score (nSPS) is 27.7. The number of nitrogens with zero attached hydrogens (tertiary/aromatic N) is 3. The third-order valence-electron chi connectivity index (χ3n) is 2.76. The van der Waals surface area contributed by atoms with Crippen molar-refractivity contribution in [2.75, 3.05) is 18.0 Å². The van der Waals surface area contributed by atoms with Crippen LogP contribution in [0.5, 0.6) is 0 Å². The number of hydrogen-bond acceptors (Lipinski definition) is 3. The second kappa shape index (κ2) is 4.13. The highest BCUT2D eigenvalue weighted by atomic mass is 35.5. The first-order chi connectivity index (χ1) is 6.77. The average molecular weight is 212 g/mol. The summed E-state index contributed by atoms with van der Waals surface area (Å²) in [7, 11) is 0. The Morgan fingerprint density at radius 1 is 1.57 bits per heavy atom. The number of hydrogen-bond donors (Lipinski definition) is 0. The van der Waals surface area contributed by atoms with Gasteiger partial charge in [0.2, 0.25) is 0 Å². The zero-order valence-corrected chi connectivity index (χ0v) is 8.98. The smallest absolute Gasteiger partial charge is 0.131 e. The van der Waals surface area contributed by atoms with Crippen LogP contribution in [-0.4, -0.2) is 28.4 Å². The van der Waals surface area contributed by atoms with Crippen molar-refractivity contribution in [2.24, 2.45) is 5.92 Å². The van der Waals surface area contributed by atoms with Crippen LogP contribution in [0.2, 0.25) is 0 Å². The van der Waals surface area contributed by atoms with Crippen LogP contribution in [0.25, 0.3) is 0 Å². The summed E-state index contributed by atoms with van der Waals surface area (Å²) in [5, 5.41) is 0.235. The summed E-state index contributed by atoms with van der Waals surface area (Å²) >= 11 is 6.23. The van der Waals surface area contributed by atoms with E-state index in [9.17, 15) is 0 Å². The topological polar surface area (TPSA) is 29.0 Å². The van der Waals surface area contributed by atoms with Crippen molar-refractivity contribution in [1.29, 1.82) is 0 Å². The molecule has 2 atom stereocenters. The summed E-state index contributed by atoms with van der Waals surface area (Å²) in [6, 6.07) is 1.93. The highest BCUT2D eigenvalue weighted by Gasteiger charge is 2.24. The Kier molecular flexibility index (Phi) is 2.87. The Bertz CT molecular complexity index is 291. The monoisotopic (exact) mass is 211 g/mol. The largest absolute Gasteiger partial charge is 0.355 e. The molecule has 1 saturated heterocycles. The maximum Gasteiger partial charge on any atom is 0.131 e. The van der Waals surface area contributed by atoms with Crippen molar-refractivity contribution >= 4 is 17.4 Å². The molecule has 1 fully saturated rings. The van der Waals surface area contributed by atoms with E-state index in [1.165, 1.54) is 0 Å². The second-order valence-corrected chi connectivity index (χ2v) is 4.36. The van der Waals surface area contributed by atoms with E-state index < -0.39 is 0 Å². The van der Waals surface area contributed by atoms with Gasteiger partial charge in [-0.15, -0.1) is 11.6 Å². The lowest BCUT2D eigenvalue weighted by Crippen LogP contribution is -2.40. The first-order valence-electron chi connectivity index (χ1n) is 4.92. The zero-order valence-electron chi connectivity index (χ0n) is 8.23. The van der Waals surface area contributed by atoms with Crippen LogP contribution in [0.4, 0.5) is 5.82 Å². The highest BCUT2D eigenvalue weighted by Crippen LogP contribution is 2.24. The van der Waals surface area contributed by atoms with Gasteiger partial charge in [0.25, 0.3) is 0 Å².